The highest BCUT2D eigenvalue weighted by atomic mass is 32.2. The Kier molecular flexibility index (Phi) is 4.69. The van der Waals surface area contributed by atoms with Gasteiger partial charge in [-0.3, -0.25) is 16.3 Å². The van der Waals surface area contributed by atoms with Crippen LogP contribution < -0.4 is 11.3 Å². The molecule has 0 saturated carbocycles. The van der Waals surface area contributed by atoms with E-state index in [0.29, 0.717) is 5.75 Å². The van der Waals surface area contributed by atoms with E-state index in [4.69, 9.17) is 5.84 Å². The minimum Gasteiger partial charge on any atom is -0.271 e. The molecular weight excluding hydrogens is 249 g/mol. The number of nitrogens with two attached hydrogens (primary N) is 1. The number of pyridine rings is 1. The fraction of sp³-hybridized carbons (Fsp3) is 0.154. The van der Waals surface area contributed by atoms with Crippen LogP contribution >= 0.6 is 11.8 Å². The molecule has 2 rings (SSSR count). The Balaban J connectivity index is 2.00. The van der Waals surface area contributed by atoms with Gasteiger partial charge in [-0.15, -0.1) is 11.8 Å². The standard InChI is InChI=1S/C13H14FN3S/c14-11-4-1-5-12(7-11)18-9-13(17-15)10-3-2-6-16-8-10/h1-8,13,17H,9,15H2. The number of aromatic nitrogens is 1. The lowest BCUT2D eigenvalue weighted by Gasteiger charge is -2.15. The van der Waals surface area contributed by atoms with Crippen LogP contribution in [0.3, 0.4) is 0 Å². The molecule has 0 fully saturated rings. The molecule has 0 aliphatic heterocycles. The number of hydrogen-bond donors (Lipinski definition) is 2. The largest absolute Gasteiger partial charge is 0.271 e. The Morgan fingerprint density at radius 2 is 2.22 bits per heavy atom. The van der Waals surface area contributed by atoms with E-state index in [1.54, 1.807) is 30.2 Å². The maximum absolute atomic E-state index is 13.0. The third kappa shape index (κ3) is 3.53. The molecule has 5 heteroatoms. The number of hydrogen-bond acceptors (Lipinski definition) is 4. The van der Waals surface area contributed by atoms with E-state index in [1.165, 1.54) is 12.1 Å². The first-order valence-corrected chi connectivity index (χ1v) is 6.52. The summed E-state index contributed by atoms with van der Waals surface area (Å²) in [4.78, 5) is 4.95. The van der Waals surface area contributed by atoms with Crippen LogP contribution in [-0.4, -0.2) is 10.7 Å². The zero-order valence-electron chi connectivity index (χ0n) is 9.71. The first-order valence-electron chi connectivity index (χ1n) is 5.54. The maximum atomic E-state index is 13.0. The predicted molar refractivity (Wildman–Crippen MR) is 71.4 cm³/mol. The summed E-state index contributed by atoms with van der Waals surface area (Å²) in [7, 11) is 0. The molecule has 1 aromatic carbocycles. The van der Waals surface area contributed by atoms with E-state index in [9.17, 15) is 4.39 Å². The van der Waals surface area contributed by atoms with Crippen LogP contribution in [0.15, 0.2) is 53.7 Å². The van der Waals surface area contributed by atoms with Gasteiger partial charge in [-0.1, -0.05) is 12.1 Å². The van der Waals surface area contributed by atoms with Crippen LogP contribution in [0.25, 0.3) is 0 Å². The average molecular weight is 263 g/mol. The van der Waals surface area contributed by atoms with Crippen molar-refractivity contribution in [2.24, 2.45) is 5.84 Å². The first-order chi connectivity index (χ1) is 8.79. The third-order valence-corrected chi connectivity index (χ3v) is 3.59. The highest BCUT2D eigenvalue weighted by Gasteiger charge is 2.10. The lowest BCUT2D eigenvalue weighted by atomic mass is 10.1. The Bertz CT molecular complexity index is 493. The second kappa shape index (κ2) is 6.49. The number of nitrogens with zero attached hydrogens (tertiary/aromatic N) is 1. The molecule has 18 heavy (non-hydrogen) atoms. The molecule has 1 atom stereocenters. The lowest BCUT2D eigenvalue weighted by molar-refractivity contribution is 0.608. The van der Waals surface area contributed by atoms with Crippen molar-refractivity contribution in [1.29, 1.82) is 0 Å². The number of benzene rings is 1. The Labute approximate surface area is 110 Å². The van der Waals surface area contributed by atoms with Gasteiger partial charge in [-0.2, -0.15) is 0 Å². The molecule has 0 amide bonds. The smallest absolute Gasteiger partial charge is 0.124 e. The van der Waals surface area contributed by atoms with Gasteiger partial charge in [0, 0.05) is 23.0 Å². The highest BCUT2D eigenvalue weighted by molar-refractivity contribution is 7.99. The molecule has 1 heterocycles. The monoisotopic (exact) mass is 263 g/mol. The van der Waals surface area contributed by atoms with Crippen LogP contribution in [0.4, 0.5) is 4.39 Å². The molecule has 3 N–H and O–H groups in total. The van der Waals surface area contributed by atoms with Gasteiger partial charge < -0.3 is 0 Å². The average Bonchev–Trinajstić information content (AvgIpc) is 2.41. The van der Waals surface area contributed by atoms with E-state index in [2.05, 4.69) is 10.4 Å². The summed E-state index contributed by atoms with van der Waals surface area (Å²) < 4.78 is 13.0. The highest BCUT2D eigenvalue weighted by Crippen LogP contribution is 2.24. The maximum Gasteiger partial charge on any atom is 0.124 e. The van der Waals surface area contributed by atoms with Gasteiger partial charge in [-0.05, 0) is 29.8 Å². The summed E-state index contributed by atoms with van der Waals surface area (Å²) in [6, 6.07) is 10.4. The zero-order chi connectivity index (χ0) is 12.8. The van der Waals surface area contributed by atoms with Crippen molar-refractivity contribution in [2.75, 3.05) is 5.75 Å². The molecule has 0 saturated heterocycles. The fourth-order valence-electron chi connectivity index (χ4n) is 1.56. The SMILES string of the molecule is NNC(CSc1cccc(F)c1)c1cccnc1. The van der Waals surface area contributed by atoms with Crippen molar-refractivity contribution in [3.63, 3.8) is 0 Å². The summed E-state index contributed by atoms with van der Waals surface area (Å²) in [5.74, 6) is 6.02. The molecule has 1 aromatic heterocycles. The fourth-order valence-corrected chi connectivity index (χ4v) is 2.58. The second-order valence-corrected chi connectivity index (χ2v) is 4.87. The van der Waals surface area contributed by atoms with Crippen LogP contribution in [0.2, 0.25) is 0 Å². The summed E-state index contributed by atoms with van der Waals surface area (Å²) in [6.45, 7) is 0. The first kappa shape index (κ1) is 13.0. The van der Waals surface area contributed by atoms with E-state index in [0.717, 1.165) is 10.5 Å². The normalized spacial score (nSPS) is 12.3. The Morgan fingerprint density at radius 1 is 1.33 bits per heavy atom. The van der Waals surface area contributed by atoms with Gasteiger partial charge in [0.2, 0.25) is 0 Å². The summed E-state index contributed by atoms with van der Waals surface area (Å²) in [5.41, 5.74) is 3.77. The quantitative estimate of drug-likeness (QED) is 0.494. The van der Waals surface area contributed by atoms with Gasteiger partial charge in [0.1, 0.15) is 5.82 Å². The van der Waals surface area contributed by atoms with Crippen LogP contribution in [-0.2, 0) is 0 Å². The Morgan fingerprint density at radius 3 is 2.89 bits per heavy atom. The lowest BCUT2D eigenvalue weighted by Crippen LogP contribution is -2.29. The van der Waals surface area contributed by atoms with Crippen molar-refractivity contribution < 1.29 is 4.39 Å². The minimum absolute atomic E-state index is 0.00744. The molecule has 1 unspecified atom stereocenters. The van der Waals surface area contributed by atoms with E-state index in [1.807, 2.05) is 18.2 Å². The van der Waals surface area contributed by atoms with E-state index >= 15 is 0 Å². The molecule has 0 spiro atoms. The minimum atomic E-state index is -0.223. The Hall–Kier alpha value is -1.43. The van der Waals surface area contributed by atoms with Gasteiger partial charge >= 0.3 is 0 Å². The number of thioether (sulfide) groups is 1. The van der Waals surface area contributed by atoms with Crippen LogP contribution in [0.1, 0.15) is 11.6 Å². The molecule has 0 bridgehead atoms. The summed E-state index contributed by atoms with van der Waals surface area (Å²) >= 11 is 1.55. The molecular formula is C13H14FN3S. The van der Waals surface area contributed by atoms with Crippen molar-refractivity contribution >= 4 is 11.8 Å². The topological polar surface area (TPSA) is 50.9 Å². The van der Waals surface area contributed by atoms with Gasteiger partial charge in [0.25, 0.3) is 0 Å². The molecule has 0 aliphatic rings. The van der Waals surface area contributed by atoms with Crippen molar-refractivity contribution in [2.45, 2.75) is 10.9 Å². The molecule has 94 valence electrons. The van der Waals surface area contributed by atoms with Gasteiger partial charge in [0.05, 0.1) is 6.04 Å². The zero-order valence-corrected chi connectivity index (χ0v) is 10.5. The van der Waals surface area contributed by atoms with E-state index < -0.39 is 0 Å². The summed E-state index contributed by atoms with van der Waals surface area (Å²) in [5, 5.41) is 0. The van der Waals surface area contributed by atoms with Gasteiger partial charge in [-0.25, -0.2) is 4.39 Å². The molecule has 2 aromatic rings. The van der Waals surface area contributed by atoms with Crippen molar-refractivity contribution in [3.8, 4) is 0 Å². The van der Waals surface area contributed by atoms with Crippen LogP contribution in [0.5, 0.6) is 0 Å². The number of hydrazine groups is 1. The van der Waals surface area contributed by atoms with Crippen molar-refractivity contribution in [1.82, 2.24) is 10.4 Å². The second-order valence-electron chi connectivity index (χ2n) is 3.77. The van der Waals surface area contributed by atoms with Crippen LogP contribution in [0, 0.1) is 5.82 Å². The third-order valence-electron chi connectivity index (χ3n) is 2.50. The summed E-state index contributed by atoms with van der Waals surface area (Å²) in [6.07, 6.45) is 3.49. The predicted octanol–water partition coefficient (Wildman–Crippen LogP) is 2.52. The number of halogens is 1. The molecule has 3 nitrogen and oxygen atoms in total. The van der Waals surface area contributed by atoms with E-state index in [-0.39, 0.29) is 11.9 Å². The molecule has 0 radical (unpaired) electrons. The van der Waals surface area contributed by atoms with Gasteiger partial charge in [0.15, 0.2) is 0 Å². The number of nitrogens with one attached hydrogen (secondary N) is 1. The number of rotatable bonds is 5. The van der Waals surface area contributed by atoms with Crippen molar-refractivity contribution in [3.05, 3.63) is 60.2 Å². The molecule has 0 aliphatic carbocycles.